The number of nitrogens with zero attached hydrogens (tertiary/aromatic N) is 1. The Hall–Kier alpha value is -1.91. The number of halogens is 2. The number of fused-ring (bicyclic) bond motifs is 1. The SMILES string of the molecule is O=C(Nc1ccc(Br)c(Cl)c1)c1ccnc2ccccc12. The normalized spacial score (nSPS) is 10.6. The fourth-order valence-electron chi connectivity index (χ4n) is 2.07. The van der Waals surface area contributed by atoms with Crippen LogP contribution in [0.15, 0.2) is 59.2 Å². The molecule has 3 nitrogen and oxygen atoms in total. The smallest absolute Gasteiger partial charge is 0.256 e. The van der Waals surface area contributed by atoms with Crippen LogP contribution in [0.2, 0.25) is 5.02 Å². The van der Waals surface area contributed by atoms with Gasteiger partial charge in [0.2, 0.25) is 0 Å². The molecule has 2 aromatic carbocycles. The summed E-state index contributed by atoms with van der Waals surface area (Å²) < 4.78 is 0.788. The molecule has 3 rings (SSSR count). The molecule has 0 aliphatic rings. The molecule has 0 unspecified atom stereocenters. The highest BCUT2D eigenvalue weighted by molar-refractivity contribution is 9.10. The van der Waals surface area contributed by atoms with Crippen LogP contribution >= 0.6 is 27.5 Å². The van der Waals surface area contributed by atoms with Crippen LogP contribution in [-0.2, 0) is 0 Å². The molecule has 0 radical (unpaired) electrons. The van der Waals surface area contributed by atoms with E-state index in [-0.39, 0.29) is 5.91 Å². The number of para-hydroxylation sites is 1. The molecule has 0 atom stereocenters. The van der Waals surface area contributed by atoms with E-state index in [0.29, 0.717) is 16.3 Å². The van der Waals surface area contributed by atoms with Gasteiger partial charge in [-0.1, -0.05) is 29.8 Å². The number of carbonyl (C=O) groups excluding carboxylic acids is 1. The number of aromatic nitrogens is 1. The zero-order valence-electron chi connectivity index (χ0n) is 10.8. The van der Waals surface area contributed by atoms with E-state index in [4.69, 9.17) is 11.6 Å². The summed E-state index contributed by atoms with van der Waals surface area (Å²) in [7, 11) is 0. The lowest BCUT2D eigenvalue weighted by atomic mass is 10.1. The molecule has 21 heavy (non-hydrogen) atoms. The van der Waals surface area contributed by atoms with Crippen molar-refractivity contribution >= 4 is 50.0 Å². The second-order valence-corrected chi connectivity index (χ2v) is 5.72. The minimum absolute atomic E-state index is 0.188. The highest BCUT2D eigenvalue weighted by Crippen LogP contribution is 2.26. The lowest BCUT2D eigenvalue weighted by Gasteiger charge is -2.08. The van der Waals surface area contributed by atoms with E-state index >= 15 is 0 Å². The second-order valence-electron chi connectivity index (χ2n) is 4.46. The van der Waals surface area contributed by atoms with E-state index in [1.54, 1.807) is 30.5 Å². The van der Waals surface area contributed by atoms with Gasteiger partial charge < -0.3 is 5.32 Å². The fraction of sp³-hybridized carbons (Fsp3) is 0. The number of rotatable bonds is 2. The van der Waals surface area contributed by atoms with E-state index < -0.39 is 0 Å². The molecule has 0 saturated heterocycles. The van der Waals surface area contributed by atoms with E-state index in [0.717, 1.165) is 15.4 Å². The molecule has 0 saturated carbocycles. The van der Waals surface area contributed by atoms with Crippen LogP contribution in [0.4, 0.5) is 5.69 Å². The number of amides is 1. The zero-order chi connectivity index (χ0) is 14.8. The van der Waals surface area contributed by atoms with Gasteiger partial charge in [0, 0.05) is 21.7 Å². The highest BCUT2D eigenvalue weighted by Gasteiger charge is 2.11. The lowest BCUT2D eigenvalue weighted by Crippen LogP contribution is -2.12. The number of hydrogen-bond acceptors (Lipinski definition) is 2. The van der Waals surface area contributed by atoms with Gasteiger partial charge in [-0.15, -0.1) is 0 Å². The predicted molar refractivity (Wildman–Crippen MR) is 88.8 cm³/mol. The Balaban J connectivity index is 1.95. The standard InChI is InChI=1S/C16H10BrClN2O/c17-13-6-5-10(9-14(13)18)20-16(21)12-7-8-19-15-4-2-1-3-11(12)15/h1-9H,(H,20,21). The van der Waals surface area contributed by atoms with Crippen LogP contribution < -0.4 is 5.32 Å². The van der Waals surface area contributed by atoms with Gasteiger partial charge in [-0.2, -0.15) is 0 Å². The van der Waals surface area contributed by atoms with Crippen molar-refractivity contribution < 1.29 is 4.79 Å². The van der Waals surface area contributed by atoms with Crippen molar-refractivity contribution in [3.05, 3.63) is 69.8 Å². The molecule has 5 heteroatoms. The third-order valence-corrected chi connectivity index (χ3v) is 4.30. The number of anilines is 1. The molecule has 0 bridgehead atoms. The first-order valence-corrected chi connectivity index (χ1v) is 7.42. The van der Waals surface area contributed by atoms with Crippen LogP contribution in [0.25, 0.3) is 10.9 Å². The minimum Gasteiger partial charge on any atom is -0.322 e. The maximum atomic E-state index is 12.4. The predicted octanol–water partition coefficient (Wildman–Crippen LogP) is 4.90. The average Bonchev–Trinajstić information content (AvgIpc) is 2.50. The third-order valence-electron chi connectivity index (χ3n) is 3.07. The summed E-state index contributed by atoms with van der Waals surface area (Å²) in [6.45, 7) is 0. The molecular formula is C16H10BrClN2O. The molecular weight excluding hydrogens is 352 g/mol. The van der Waals surface area contributed by atoms with E-state index in [1.165, 1.54) is 0 Å². The van der Waals surface area contributed by atoms with Crippen molar-refractivity contribution in [1.82, 2.24) is 4.98 Å². The number of nitrogens with one attached hydrogen (secondary N) is 1. The summed E-state index contributed by atoms with van der Waals surface area (Å²) in [6.07, 6.45) is 1.63. The Morgan fingerprint density at radius 1 is 1.14 bits per heavy atom. The summed E-state index contributed by atoms with van der Waals surface area (Å²) in [6, 6.07) is 14.5. The van der Waals surface area contributed by atoms with Gasteiger partial charge in [-0.3, -0.25) is 9.78 Å². The quantitative estimate of drug-likeness (QED) is 0.705. The zero-order valence-corrected chi connectivity index (χ0v) is 13.1. The number of carbonyl (C=O) groups is 1. The molecule has 1 N–H and O–H groups in total. The number of benzene rings is 2. The van der Waals surface area contributed by atoms with Crippen molar-refractivity contribution in [1.29, 1.82) is 0 Å². The Bertz CT molecular complexity index is 830. The Kier molecular flexibility index (Phi) is 3.90. The van der Waals surface area contributed by atoms with E-state index in [2.05, 4.69) is 26.2 Å². The third kappa shape index (κ3) is 2.91. The van der Waals surface area contributed by atoms with Gasteiger partial charge in [0.1, 0.15) is 0 Å². The first-order valence-electron chi connectivity index (χ1n) is 6.25. The van der Waals surface area contributed by atoms with Crippen LogP contribution in [0, 0.1) is 0 Å². The van der Waals surface area contributed by atoms with Crippen molar-refractivity contribution in [2.24, 2.45) is 0 Å². The van der Waals surface area contributed by atoms with Gasteiger partial charge in [0.05, 0.1) is 16.1 Å². The van der Waals surface area contributed by atoms with Gasteiger partial charge >= 0.3 is 0 Å². The van der Waals surface area contributed by atoms with Gasteiger partial charge in [-0.05, 0) is 46.3 Å². The topological polar surface area (TPSA) is 42.0 Å². The van der Waals surface area contributed by atoms with Crippen molar-refractivity contribution in [3.63, 3.8) is 0 Å². The maximum Gasteiger partial charge on any atom is 0.256 e. The molecule has 0 spiro atoms. The van der Waals surface area contributed by atoms with Crippen LogP contribution in [0.5, 0.6) is 0 Å². The summed E-state index contributed by atoms with van der Waals surface area (Å²) in [4.78, 5) is 16.7. The van der Waals surface area contributed by atoms with Gasteiger partial charge in [0.25, 0.3) is 5.91 Å². The maximum absolute atomic E-state index is 12.4. The summed E-state index contributed by atoms with van der Waals surface area (Å²) in [5, 5.41) is 4.22. The average molecular weight is 362 g/mol. The van der Waals surface area contributed by atoms with Gasteiger partial charge in [0.15, 0.2) is 0 Å². The van der Waals surface area contributed by atoms with Crippen LogP contribution in [0.1, 0.15) is 10.4 Å². The molecule has 3 aromatic rings. The minimum atomic E-state index is -0.188. The first-order chi connectivity index (χ1) is 10.1. The molecule has 0 aliphatic carbocycles. The molecule has 104 valence electrons. The molecule has 0 fully saturated rings. The molecule has 1 amide bonds. The van der Waals surface area contributed by atoms with Crippen molar-refractivity contribution in [3.8, 4) is 0 Å². The monoisotopic (exact) mass is 360 g/mol. The molecule has 0 aliphatic heterocycles. The summed E-state index contributed by atoms with van der Waals surface area (Å²) in [5.41, 5.74) is 2.02. The Morgan fingerprint density at radius 3 is 2.76 bits per heavy atom. The lowest BCUT2D eigenvalue weighted by molar-refractivity contribution is 0.102. The second kappa shape index (κ2) is 5.84. The largest absolute Gasteiger partial charge is 0.322 e. The Morgan fingerprint density at radius 2 is 1.95 bits per heavy atom. The summed E-state index contributed by atoms with van der Waals surface area (Å²) >= 11 is 9.35. The first kappa shape index (κ1) is 14.0. The number of hydrogen-bond donors (Lipinski definition) is 1. The van der Waals surface area contributed by atoms with Crippen molar-refractivity contribution in [2.75, 3.05) is 5.32 Å². The van der Waals surface area contributed by atoms with Crippen LogP contribution in [-0.4, -0.2) is 10.9 Å². The number of pyridine rings is 1. The molecule has 1 aromatic heterocycles. The van der Waals surface area contributed by atoms with Crippen LogP contribution in [0.3, 0.4) is 0 Å². The highest BCUT2D eigenvalue weighted by atomic mass is 79.9. The van der Waals surface area contributed by atoms with Gasteiger partial charge in [-0.25, -0.2) is 0 Å². The fourth-order valence-corrected chi connectivity index (χ4v) is 2.49. The van der Waals surface area contributed by atoms with E-state index in [9.17, 15) is 4.79 Å². The van der Waals surface area contributed by atoms with Crippen molar-refractivity contribution in [2.45, 2.75) is 0 Å². The van der Waals surface area contributed by atoms with E-state index in [1.807, 2.05) is 24.3 Å². The molecule has 1 heterocycles. The summed E-state index contributed by atoms with van der Waals surface area (Å²) in [5.74, 6) is -0.188. The Labute approximate surface area is 135 Å².